The summed E-state index contributed by atoms with van der Waals surface area (Å²) in [5.41, 5.74) is -0.0964. The molecule has 0 radical (unpaired) electrons. The van der Waals surface area contributed by atoms with Crippen LogP contribution in [0.15, 0.2) is 0 Å². The van der Waals surface area contributed by atoms with E-state index in [1.165, 1.54) is 6.26 Å². The molecule has 2 rings (SSSR count). The van der Waals surface area contributed by atoms with Gasteiger partial charge in [-0.2, -0.15) is 0 Å². The predicted molar refractivity (Wildman–Crippen MR) is 85.5 cm³/mol. The first-order chi connectivity index (χ1) is 10.2. The lowest BCUT2D eigenvalue weighted by molar-refractivity contribution is -0.147. The van der Waals surface area contributed by atoms with Gasteiger partial charge in [-0.15, -0.1) is 0 Å². The summed E-state index contributed by atoms with van der Waals surface area (Å²) in [5.74, 6) is -0.118. The fourth-order valence-electron chi connectivity index (χ4n) is 3.39. The summed E-state index contributed by atoms with van der Waals surface area (Å²) in [7, 11) is 1.13. The fraction of sp³-hybridized carbons (Fsp3) is 0.933. The lowest BCUT2D eigenvalue weighted by Gasteiger charge is -2.47. The van der Waals surface area contributed by atoms with Crippen molar-refractivity contribution in [2.45, 2.75) is 43.7 Å². The van der Waals surface area contributed by atoms with Gasteiger partial charge >= 0.3 is 0 Å². The summed E-state index contributed by atoms with van der Waals surface area (Å²) in [6.45, 7) is 2.12. The summed E-state index contributed by atoms with van der Waals surface area (Å²) in [6, 6.07) is 0.543. The minimum Gasteiger partial charge on any atom is -0.375 e. The highest BCUT2D eigenvalue weighted by atomic mass is 32.2. The van der Waals surface area contributed by atoms with Gasteiger partial charge in [0.2, 0.25) is 5.91 Å². The van der Waals surface area contributed by atoms with Crippen LogP contribution in [0.2, 0.25) is 0 Å². The number of likely N-dealkylation sites (tertiary alicyclic amines) is 1. The third kappa shape index (κ3) is 4.67. The van der Waals surface area contributed by atoms with Crippen LogP contribution in [-0.4, -0.2) is 81.6 Å². The molecule has 1 amide bonds. The smallest absolute Gasteiger partial charge is 0.223 e. The van der Waals surface area contributed by atoms with Crippen molar-refractivity contribution in [3.05, 3.63) is 0 Å². The zero-order valence-electron chi connectivity index (χ0n) is 13.9. The van der Waals surface area contributed by atoms with Crippen LogP contribution < -0.4 is 0 Å². The molecule has 6 nitrogen and oxygen atoms in total. The van der Waals surface area contributed by atoms with E-state index < -0.39 is 9.84 Å². The van der Waals surface area contributed by atoms with Gasteiger partial charge in [0.25, 0.3) is 0 Å². The topological polar surface area (TPSA) is 66.9 Å². The van der Waals surface area contributed by atoms with Gasteiger partial charge in [0.1, 0.15) is 9.84 Å². The van der Waals surface area contributed by atoms with Gasteiger partial charge < -0.3 is 14.5 Å². The third-order valence-electron chi connectivity index (χ3n) is 4.91. The number of rotatable bonds is 4. The van der Waals surface area contributed by atoms with Crippen LogP contribution in [-0.2, 0) is 19.4 Å². The Morgan fingerprint density at radius 3 is 2.50 bits per heavy atom. The molecule has 0 N–H and O–H groups in total. The molecule has 22 heavy (non-hydrogen) atoms. The molecule has 1 atom stereocenters. The number of hydrogen-bond acceptors (Lipinski definition) is 5. The molecule has 0 aromatic heterocycles. The Balaban J connectivity index is 1.86. The fourth-order valence-corrected chi connectivity index (χ4v) is 3.93. The molecule has 2 fully saturated rings. The second kappa shape index (κ2) is 6.84. The average Bonchev–Trinajstić information content (AvgIpc) is 2.45. The van der Waals surface area contributed by atoms with Crippen LogP contribution in [0, 0.1) is 0 Å². The van der Waals surface area contributed by atoms with Crippen LogP contribution in [0.25, 0.3) is 0 Å². The summed E-state index contributed by atoms with van der Waals surface area (Å²) >= 11 is 0. The number of piperidine rings is 1. The van der Waals surface area contributed by atoms with Gasteiger partial charge in [0, 0.05) is 38.4 Å². The lowest BCUT2D eigenvalue weighted by atomic mass is 9.82. The molecule has 0 saturated carbocycles. The standard InChI is InChI=1S/C15H28N2O4S/c1-16(2)13-4-10-21-15(12-13)6-8-17(9-7-15)14(18)5-11-22(3,19)20/h13H,4-12H2,1-3H3. The molecule has 0 aliphatic carbocycles. The molecule has 7 heteroatoms. The Morgan fingerprint density at radius 2 is 1.95 bits per heavy atom. The van der Waals surface area contributed by atoms with Crippen molar-refractivity contribution in [1.29, 1.82) is 0 Å². The van der Waals surface area contributed by atoms with Crippen LogP contribution in [0.1, 0.15) is 32.1 Å². The van der Waals surface area contributed by atoms with Crippen LogP contribution in [0.4, 0.5) is 0 Å². The van der Waals surface area contributed by atoms with Gasteiger partial charge in [-0.3, -0.25) is 4.79 Å². The zero-order chi connectivity index (χ0) is 16.4. The molecular weight excluding hydrogens is 304 g/mol. The lowest BCUT2D eigenvalue weighted by Crippen LogP contribution is -2.53. The monoisotopic (exact) mass is 332 g/mol. The molecule has 0 bridgehead atoms. The van der Waals surface area contributed by atoms with Crippen LogP contribution >= 0.6 is 0 Å². The van der Waals surface area contributed by atoms with Crippen LogP contribution in [0.5, 0.6) is 0 Å². The van der Waals surface area contributed by atoms with Crippen molar-refractivity contribution >= 4 is 15.7 Å². The number of sulfone groups is 1. The second-order valence-electron chi connectivity index (χ2n) is 6.90. The van der Waals surface area contributed by atoms with Crippen molar-refractivity contribution in [1.82, 2.24) is 9.80 Å². The molecular formula is C15H28N2O4S. The number of amides is 1. The largest absolute Gasteiger partial charge is 0.375 e. The summed E-state index contributed by atoms with van der Waals surface area (Å²) in [5, 5.41) is 0. The molecule has 128 valence electrons. The number of hydrogen-bond donors (Lipinski definition) is 0. The van der Waals surface area contributed by atoms with Gasteiger partial charge in [-0.05, 0) is 39.8 Å². The first-order valence-electron chi connectivity index (χ1n) is 7.97. The minimum atomic E-state index is -3.08. The number of carbonyl (C=O) groups is 1. The number of nitrogens with zero attached hydrogens (tertiary/aromatic N) is 2. The van der Waals surface area contributed by atoms with Crippen LogP contribution in [0.3, 0.4) is 0 Å². The Labute approximate surface area is 133 Å². The maximum Gasteiger partial charge on any atom is 0.223 e. The second-order valence-corrected chi connectivity index (χ2v) is 9.16. The van der Waals surface area contributed by atoms with Crippen molar-refractivity contribution in [2.24, 2.45) is 0 Å². The van der Waals surface area contributed by atoms with E-state index in [4.69, 9.17) is 4.74 Å². The molecule has 1 unspecified atom stereocenters. The van der Waals surface area contributed by atoms with E-state index in [1.807, 2.05) is 0 Å². The summed E-state index contributed by atoms with van der Waals surface area (Å²) < 4.78 is 28.4. The highest BCUT2D eigenvalue weighted by Crippen LogP contribution is 2.36. The Bertz CT molecular complexity index is 496. The van der Waals surface area contributed by atoms with Gasteiger partial charge in [0.05, 0.1) is 11.4 Å². The highest BCUT2D eigenvalue weighted by Gasteiger charge is 2.41. The molecule has 2 heterocycles. The first-order valence-corrected chi connectivity index (χ1v) is 10.0. The van der Waals surface area contributed by atoms with E-state index in [0.29, 0.717) is 19.1 Å². The third-order valence-corrected chi connectivity index (χ3v) is 5.86. The molecule has 0 aromatic rings. The quantitative estimate of drug-likeness (QED) is 0.751. The van der Waals surface area contributed by atoms with Gasteiger partial charge in [-0.1, -0.05) is 0 Å². The van der Waals surface area contributed by atoms with Gasteiger partial charge in [0.15, 0.2) is 0 Å². The zero-order valence-corrected chi connectivity index (χ0v) is 14.7. The molecule has 2 saturated heterocycles. The van der Waals surface area contributed by atoms with E-state index >= 15 is 0 Å². The highest BCUT2D eigenvalue weighted by molar-refractivity contribution is 7.90. The van der Waals surface area contributed by atoms with E-state index in [-0.39, 0.29) is 23.7 Å². The number of carbonyl (C=O) groups excluding carboxylic acids is 1. The Kier molecular flexibility index (Phi) is 5.50. The van der Waals surface area contributed by atoms with E-state index in [0.717, 1.165) is 32.3 Å². The SMILES string of the molecule is CN(C)C1CCOC2(CCN(C(=O)CCS(C)(=O)=O)CC2)C1. The Hall–Kier alpha value is -0.660. The van der Waals surface area contributed by atoms with Crippen molar-refractivity contribution in [3.8, 4) is 0 Å². The number of ether oxygens (including phenoxy) is 1. The summed E-state index contributed by atoms with van der Waals surface area (Å²) in [4.78, 5) is 16.1. The van der Waals surface area contributed by atoms with Gasteiger partial charge in [-0.25, -0.2) is 8.42 Å². The molecule has 1 spiro atoms. The van der Waals surface area contributed by atoms with Crippen molar-refractivity contribution < 1.29 is 17.9 Å². The van der Waals surface area contributed by atoms with E-state index in [1.54, 1.807) is 4.90 Å². The van der Waals surface area contributed by atoms with E-state index in [2.05, 4.69) is 19.0 Å². The predicted octanol–water partition coefficient (Wildman–Crippen LogP) is 0.523. The molecule has 2 aliphatic rings. The molecule has 0 aromatic carbocycles. The Morgan fingerprint density at radius 1 is 1.32 bits per heavy atom. The van der Waals surface area contributed by atoms with E-state index in [9.17, 15) is 13.2 Å². The maximum atomic E-state index is 12.1. The first kappa shape index (κ1) is 17.7. The maximum absolute atomic E-state index is 12.1. The normalized spacial score (nSPS) is 25.6. The van der Waals surface area contributed by atoms with Crippen molar-refractivity contribution in [3.63, 3.8) is 0 Å². The van der Waals surface area contributed by atoms with Crippen molar-refractivity contribution in [2.75, 3.05) is 45.8 Å². The minimum absolute atomic E-state index is 0.0553. The molecule has 2 aliphatic heterocycles. The average molecular weight is 332 g/mol. The summed E-state index contributed by atoms with van der Waals surface area (Å²) in [6.07, 6.45) is 5.04.